The lowest BCUT2D eigenvalue weighted by Gasteiger charge is -2.67. The van der Waals surface area contributed by atoms with Gasteiger partial charge in [-0.05, 0) is 44.1 Å². The van der Waals surface area contributed by atoms with E-state index in [-0.39, 0.29) is 41.4 Å². The Kier molecular flexibility index (Phi) is 2.43. The molecule has 8 atom stereocenters. The molecule has 4 heterocycles. The number of esters is 2. The molecule has 1 spiro atoms. The second-order valence-electron chi connectivity index (χ2n) is 9.05. The minimum Gasteiger partial charge on any atom is -0.461 e. The van der Waals surface area contributed by atoms with E-state index in [0.29, 0.717) is 25.4 Å². The molecule has 6 heteroatoms. The lowest BCUT2D eigenvalue weighted by atomic mass is 9.41. The maximum atomic E-state index is 12.8. The van der Waals surface area contributed by atoms with Gasteiger partial charge < -0.3 is 19.3 Å². The molecule has 0 amide bonds. The smallest absolute Gasteiger partial charge is 0.331 e. The maximum Gasteiger partial charge on any atom is 0.331 e. The van der Waals surface area contributed by atoms with E-state index in [1.54, 1.807) is 6.08 Å². The molecule has 4 aliphatic heterocycles. The number of rotatable bonds is 0. The number of hydrogen-bond donors (Lipinski definition) is 1. The zero-order chi connectivity index (χ0) is 17.2. The molecule has 7 rings (SSSR count). The van der Waals surface area contributed by atoms with Gasteiger partial charge in [-0.25, -0.2) is 4.79 Å². The molecule has 6 nitrogen and oxygen atoms in total. The second-order valence-corrected chi connectivity index (χ2v) is 9.05. The van der Waals surface area contributed by atoms with Crippen molar-refractivity contribution in [2.75, 3.05) is 6.61 Å². The molecule has 7 aliphatic rings. The lowest BCUT2D eigenvalue weighted by molar-refractivity contribution is -0.378. The van der Waals surface area contributed by atoms with E-state index >= 15 is 0 Å². The first-order chi connectivity index (χ1) is 11.9. The average Bonchev–Trinajstić information content (AvgIpc) is 3.09. The third kappa shape index (κ3) is 1.41. The normalized spacial score (nSPS) is 58.0. The summed E-state index contributed by atoms with van der Waals surface area (Å²) in [6.07, 6.45) is 5.14. The molecule has 0 aromatic rings. The predicted molar refractivity (Wildman–Crippen MR) is 82.8 cm³/mol. The highest BCUT2D eigenvalue weighted by molar-refractivity contribution is 5.86. The highest BCUT2D eigenvalue weighted by Gasteiger charge is 2.80. The number of aliphatic hydroxyl groups is 1. The molecule has 2 bridgehead atoms. The molecule has 0 unspecified atom stereocenters. The highest BCUT2D eigenvalue weighted by Crippen LogP contribution is 2.72. The third-order valence-electron chi connectivity index (χ3n) is 8.42. The SMILES string of the molecule is C[C@]12C(=O)O[C@@H]3C[C@@H]4[C@@H](CCC5=CC(=O)O[C@@H]54)[C@]4(CC[C@@]1(O)OC4)[C@@H]32. The first-order valence-electron chi connectivity index (χ1n) is 9.38. The third-order valence-corrected chi connectivity index (χ3v) is 8.42. The quantitative estimate of drug-likeness (QED) is 0.666. The minimum atomic E-state index is -1.41. The van der Waals surface area contributed by atoms with E-state index < -0.39 is 11.2 Å². The van der Waals surface area contributed by atoms with Crippen LogP contribution in [0.5, 0.6) is 0 Å². The van der Waals surface area contributed by atoms with Crippen molar-refractivity contribution >= 4 is 11.9 Å². The van der Waals surface area contributed by atoms with Gasteiger partial charge in [0.25, 0.3) is 0 Å². The molecular weight excluding hydrogens is 324 g/mol. The number of fused-ring (bicyclic) bond motifs is 5. The topological polar surface area (TPSA) is 82.1 Å². The molecule has 1 N–H and O–H groups in total. The Morgan fingerprint density at radius 3 is 2.84 bits per heavy atom. The Bertz CT molecular complexity index is 732. The number of hydrogen-bond acceptors (Lipinski definition) is 6. The largest absolute Gasteiger partial charge is 0.461 e. The molecule has 0 radical (unpaired) electrons. The number of carbonyl (C=O) groups excluding carboxylic acids is 2. The zero-order valence-corrected chi connectivity index (χ0v) is 14.2. The summed E-state index contributed by atoms with van der Waals surface area (Å²) >= 11 is 0. The monoisotopic (exact) mass is 346 g/mol. The van der Waals surface area contributed by atoms with Gasteiger partial charge in [-0.2, -0.15) is 0 Å². The Morgan fingerprint density at radius 1 is 1.24 bits per heavy atom. The van der Waals surface area contributed by atoms with Crippen LogP contribution in [0.15, 0.2) is 11.6 Å². The average molecular weight is 346 g/mol. The van der Waals surface area contributed by atoms with Gasteiger partial charge in [0.1, 0.15) is 17.6 Å². The van der Waals surface area contributed by atoms with Crippen molar-refractivity contribution in [3.63, 3.8) is 0 Å². The standard InChI is InChI=1S/C19H22O6/c1-17-15-12(24-16(17)21)7-10-11(3-2-9-6-13(20)25-14(9)10)18(15)4-5-19(17,22)23-8-18/h6,10-12,14-15,22H,2-5,7-8H2,1H3/t10-,11-,12-,14+,15+,17+,18-,19-/m1/s1. The van der Waals surface area contributed by atoms with E-state index in [4.69, 9.17) is 14.2 Å². The summed E-state index contributed by atoms with van der Waals surface area (Å²) in [6, 6.07) is 0. The maximum absolute atomic E-state index is 12.8. The van der Waals surface area contributed by atoms with Crippen LogP contribution in [0.2, 0.25) is 0 Å². The molecule has 0 aromatic carbocycles. The van der Waals surface area contributed by atoms with Crippen LogP contribution in [0.4, 0.5) is 0 Å². The van der Waals surface area contributed by atoms with E-state index in [1.807, 2.05) is 6.92 Å². The van der Waals surface area contributed by atoms with Crippen molar-refractivity contribution in [3.05, 3.63) is 11.6 Å². The summed E-state index contributed by atoms with van der Waals surface area (Å²) in [4.78, 5) is 24.6. The van der Waals surface area contributed by atoms with Crippen LogP contribution >= 0.6 is 0 Å². The fourth-order valence-electron chi connectivity index (χ4n) is 7.40. The molecule has 134 valence electrons. The molecule has 0 aromatic heterocycles. The fraction of sp³-hybridized carbons (Fsp3) is 0.789. The van der Waals surface area contributed by atoms with Crippen molar-refractivity contribution in [1.82, 2.24) is 0 Å². The Labute approximate surface area is 145 Å². The van der Waals surface area contributed by atoms with Crippen molar-refractivity contribution in [3.8, 4) is 0 Å². The first kappa shape index (κ1) is 14.7. The van der Waals surface area contributed by atoms with Crippen molar-refractivity contribution in [2.45, 2.75) is 57.0 Å². The molecule has 3 aliphatic carbocycles. The van der Waals surface area contributed by atoms with Crippen molar-refractivity contribution in [2.24, 2.45) is 28.6 Å². The predicted octanol–water partition coefficient (Wildman–Crippen LogP) is 1.31. The van der Waals surface area contributed by atoms with Gasteiger partial charge in [-0.3, -0.25) is 4.79 Å². The summed E-state index contributed by atoms with van der Waals surface area (Å²) in [5.41, 5.74) is -0.0570. The van der Waals surface area contributed by atoms with Crippen LogP contribution in [-0.4, -0.2) is 41.6 Å². The Hall–Kier alpha value is -1.40. The minimum absolute atomic E-state index is 0.0103. The summed E-state index contributed by atoms with van der Waals surface area (Å²) in [5, 5.41) is 11.0. The van der Waals surface area contributed by atoms with Gasteiger partial charge >= 0.3 is 11.9 Å². The molecule has 25 heavy (non-hydrogen) atoms. The lowest BCUT2D eigenvalue weighted by Crippen LogP contribution is -2.73. The van der Waals surface area contributed by atoms with Crippen LogP contribution in [-0.2, 0) is 23.8 Å². The van der Waals surface area contributed by atoms with E-state index in [0.717, 1.165) is 24.8 Å². The summed E-state index contributed by atoms with van der Waals surface area (Å²) < 4.78 is 17.4. The molecule has 3 saturated carbocycles. The summed E-state index contributed by atoms with van der Waals surface area (Å²) in [7, 11) is 0. The van der Waals surface area contributed by atoms with Gasteiger partial charge in [-0.15, -0.1) is 0 Å². The van der Waals surface area contributed by atoms with Crippen molar-refractivity contribution < 1.29 is 28.9 Å². The first-order valence-corrected chi connectivity index (χ1v) is 9.38. The van der Waals surface area contributed by atoms with E-state index in [9.17, 15) is 14.7 Å². The fourth-order valence-corrected chi connectivity index (χ4v) is 7.40. The van der Waals surface area contributed by atoms with E-state index in [2.05, 4.69) is 0 Å². The molecule has 6 fully saturated rings. The van der Waals surface area contributed by atoms with Crippen LogP contribution in [0.3, 0.4) is 0 Å². The molecular formula is C19H22O6. The highest BCUT2D eigenvalue weighted by atomic mass is 16.6. The van der Waals surface area contributed by atoms with Crippen LogP contribution in [0.1, 0.15) is 39.0 Å². The van der Waals surface area contributed by atoms with Gasteiger partial charge in [-0.1, -0.05) is 0 Å². The zero-order valence-electron chi connectivity index (χ0n) is 14.2. The van der Waals surface area contributed by atoms with Crippen LogP contribution < -0.4 is 0 Å². The van der Waals surface area contributed by atoms with Crippen LogP contribution in [0, 0.1) is 28.6 Å². The Morgan fingerprint density at radius 2 is 2.08 bits per heavy atom. The summed E-state index contributed by atoms with van der Waals surface area (Å²) in [6.45, 7) is 2.30. The number of carbonyl (C=O) groups is 2. The Balaban J connectivity index is 1.49. The number of ether oxygens (including phenoxy) is 3. The van der Waals surface area contributed by atoms with Gasteiger partial charge in [0.15, 0.2) is 5.79 Å². The van der Waals surface area contributed by atoms with Crippen LogP contribution in [0.25, 0.3) is 0 Å². The van der Waals surface area contributed by atoms with Crippen molar-refractivity contribution in [1.29, 1.82) is 0 Å². The van der Waals surface area contributed by atoms with E-state index in [1.165, 1.54) is 0 Å². The van der Waals surface area contributed by atoms with Gasteiger partial charge in [0.2, 0.25) is 0 Å². The molecule has 3 saturated heterocycles. The second kappa shape index (κ2) is 4.12. The summed E-state index contributed by atoms with van der Waals surface area (Å²) in [5.74, 6) is -1.48. The van der Waals surface area contributed by atoms with Gasteiger partial charge in [0.05, 0.1) is 6.61 Å². The van der Waals surface area contributed by atoms with Gasteiger partial charge in [0, 0.05) is 29.7 Å².